The van der Waals surface area contributed by atoms with Crippen LogP contribution < -0.4 is 4.72 Å². The first-order valence-corrected chi connectivity index (χ1v) is 11.8. The van der Waals surface area contributed by atoms with E-state index >= 15 is 0 Å². The van der Waals surface area contributed by atoms with E-state index in [2.05, 4.69) is 39.0 Å². The van der Waals surface area contributed by atoms with E-state index in [0.717, 1.165) is 23.4 Å². The van der Waals surface area contributed by atoms with Gasteiger partial charge < -0.3 is 0 Å². The van der Waals surface area contributed by atoms with Crippen LogP contribution >= 0.6 is 0 Å². The highest BCUT2D eigenvalue weighted by atomic mass is 32.2. The van der Waals surface area contributed by atoms with Crippen molar-refractivity contribution in [2.75, 3.05) is 17.8 Å². The van der Waals surface area contributed by atoms with Crippen LogP contribution in [0.3, 0.4) is 0 Å². The van der Waals surface area contributed by atoms with Gasteiger partial charge in [-0.25, -0.2) is 8.42 Å². The molecule has 1 aliphatic rings. The molecule has 0 aliphatic carbocycles. The molecule has 1 fully saturated rings. The molecule has 6 nitrogen and oxygen atoms in total. The maximum Gasteiger partial charge on any atom is 0.262 e. The molecule has 2 heterocycles. The second-order valence-corrected chi connectivity index (χ2v) is 9.67. The van der Waals surface area contributed by atoms with Crippen molar-refractivity contribution >= 4 is 15.7 Å². The molecule has 1 aromatic heterocycles. The predicted octanol–water partition coefficient (Wildman–Crippen LogP) is 4.10. The second-order valence-electron chi connectivity index (χ2n) is 7.98. The van der Waals surface area contributed by atoms with Crippen LogP contribution in [-0.2, 0) is 23.6 Å². The quantitative estimate of drug-likeness (QED) is 0.647. The fraction of sp³-hybridized carbons (Fsp3) is 0.348. The molecule has 7 heteroatoms. The molecule has 0 bridgehead atoms. The van der Waals surface area contributed by atoms with Crippen LogP contribution in [0.2, 0.25) is 0 Å². The maximum absolute atomic E-state index is 12.9. The lowest BCUT2D eigenvalue weighted by Gasteiger charge is -2.15. The monoisotopic (exact) mass is 424 g/mol. The minimum Gasteiger partial charge on any atom is -0.299 e. The van der Waals surface area contributed by atoms with E-state index in [-0.39, 0.29) is 4.90 Å². The zero-order chi connectivity index (χ0) is 21.3. The Balaban J connectivity index is 1.53. The number of benzene rings is 2. The highest BCUT2D eigenvalue weighted by molar-refractivity contribution is 7.92. The first-order chi connectivity index (χ1) is 14.3. The third-order valence-electron chi connectivity index (χ3n) is 5.78. The second kappa shape index (κ2) is 8.24. The van der Waals surface area contributed by atoms with Gasteiger partial charge in [-0.1, -0.05) is 30.3 Å². The van der Waals surface area contributed by atoms with Crippen LogP contribution in [0, 0.1) is 13.8 Å². The number of nitrogens with one attached hydrogen (secondary N) is 1. The molecule has 0 radical (unpaired) electrons. The molecule has 0 unspecified atom stereocenters. The number of hydrogen-bond acceptors (Lipinski definition) is 4. The van der Waals surface area contributed by atoms with E-state index < -0.39 is 10.0 Å². The van der Waals surface area contributed by atoms with Gasteiger partial charge in [-0.2, -0.15) is 5.10 Å². The summed E-state index contributed by atoms with van der Waals surface area (Å²) in [5, 5.41) is 4.27. The number of rotatable bonds is 6. The molecule has 0 amide bonds. The van der Waals surface area contributed by atoms with Crippen molar-refractivity contribution < 1.29 is 8.42 Å². The van der Waals surface area contributed by atoms with Gasteiger partial charge in [0.15, 0.2) is 0 Å². The maximum atomic E-state index is 12.9. The van der Waals surface area contributed by atoms with Crippen molar-refractivity contribution in [3.63, 3.8) is 0 Å². The summed E-state index contributed by atoms with van der Waals surface area (Å²) < 4.78 is 30.1. The molecule has 0 saturated carbocycles. The summed E-state index contributed by atoms with van der Waals surface area (Å²) in [6.45, 7) is 6.94. The Morgan fingerprint density at radius 1 is 1.00 bits per heavy atom. The Morgan fingerprint density at radius 2 is 1.70 bits per heavy atom. The van der Waals surface area contributed by atoms with Gasteiger partial charge in [0.05, 0.1) is 22.0 Å². The van der Waals surface area contributed by atoms with Gasteiger partial charge in [-0.3, -0.25) is 14.3 Å². The zero-order valence-electron chi connectivity index (χ0n) is 17.7. The molecular weight excluding hydrogens is 396 g/mol. The summed E-state index contributed by atoms with van der Waals surface area (Å²) in [7, 11) is -1.88. The van der Waals surface area contributed by atoms with Crippen molar-refractivity contribution in [3.8, 4) is 11.1 Å². The van der Waals surface area contributed by atoms with Gasteiger partial charge in [0.1, 0.15) is 0 Å². The van der Waals surface area contributed by atoms with E-state index in [9.17, 15) is 8.42 Å². The molecular formula is C23H28N4O2S. The van der Waals surface area contributed by atoms with Crippen molar-refractivity contribution in [1.29, 1.82) is 0 Å². The summed E-state index contributed by atoms with van der Waals surface area (Å²) >= 11 is 0. The van der Waals surface area contributed by atoms with Crippen molar-refractivity contribution in [2.45, 2.75) is 38.1 Å². The van der Waals surface area contributed by atoms with Crippen molar-refractivity contribution in [2.24, 2.45) is 7.05 Å². The Kier molecular flexibility index (Phi) is 5.66. The molecule has 0 spiro atoms. The van der Waals surface area contributed by atoms with E-state index in [4.69, 9.17) is 0 Å². The number of sulfonamides is 1. The van der Waals surface area contributed by atoms with Crippen LogP contribution in [0.25, 0.3) is 11.1 Å². The minimum atomic E-state index is -3.68. The molecule has 158 valence electrons. The van der Waals surface area contributed by atoms with Gasteiger partial charge in [0.2, 0.25) is 0 Å². The number of nitrogens with zero attached hydrogens (tertiary/aromatic N) is 3. The molecule has 0 atom stereocenters. The van der Waals surface area contributed by atoms with E-state index in [0.29, 0.717) is 11.4 Å². The zero-order valence-corrected chi connectivity index (χ0v) is 18.5. The standard InChI is InChI=1S/C23H28N4O2S/c1-17-23(18(2)26(3)24-17)25-30(28,29)22-11-9-20(10-12-22)21-8-6-7-19(15-21)16-27-13-4-5-14-27/h6-12,15,25H,4-5,13-14,16H2,1-3H3. The van der Waals surface area contributed by atoms with Crippen molar-refractivity contribution in [1.82, 2.24) is 14.7 Å². The Bertz CT molecular complexity index is 1140. The van der Waals surface area contributed by atoms with Gasteiger partial charge in [-0.15, -0.1) is 0 Å². The van der Waals surface area contributed by atoms with Crippen LogP contribution in [0.1, 0.15) is 29.8 Å². The van der Waals surface area contributed by atoms with Crippen LogP contribution in [-0.4, -0.2) is 36.2 Å². The summed E-state index contributed by atoms with van der Waals surface area (Å²) in [5.41, 5.74) is 5.37. The molecule has 30 heavy (non-hydrogen) atoms. The lowest BCUT2D eigenvalue weighted by molar-refractivity contribution is 0.331. The van der Waals surface area contributed by atoms with Gasteiger partial charge in [0.25, 0.3) is 10.0 Å². The van der Waals surface area contributed by atoms with E-state index in [1.54, 1.807) is 30.8 Å². The summed E-state index contributed by atoms with van der Waals surface area (Å²) in [6.07, 6.45) is 2.56. The molecule has 1 saturated heterocycles. The summed E-state index contributed by atoms with van der Waals surface area (Å²) in [4.78, 5) is 2.71. The number of anilines is 1. The van der Waals surface area contributed by atoms with Crippen LogP contribution in [0.5, 0.6) is 0 Å². The third-order valence-corrected chi connectivity index (χ3v) is 7.14. The average Bonchev–Trinajstić information content (AvgIpc) is 3.32. The fourth-order valence-corrected chi connectivity index (χ4v) is 5.17. The molecule has 2 aromatic carbocycles. The first kappa shape index (κ1) is 20.6. The Labute approximate surface area is 178 Å². The number of likely N-dealkylation sites (tertiary alicyclic amines) is 1. The third kappa shape index (κ3) is 4.27. The highest BCUT2D eigenvalue weighted by Crippen LogP contribution is 2.26. The number of aromatic nitrogens is 2. The van der Waals surface area contributed by atoms with Gasteiger partial charge in [-0.05, 0) is 74.7 Å². The predicted molar refractivity (Wildman–Crippen MR) is 120 cm³/mol. The van der Waals surface area contributed by atoms with Crippen molar-refractivity contribution in [3.05, 3.63) is 65.5 Å². The largest absolute Gasteiger partial charge is 0.299 e. The Hall–Kier alpha value is -2.64. The normalized spacial score (nSPS) is 14.9. The first-order valence-electron chi connectivity index (χ1n) is 10.3. The van der Waals surface area contributed by atoms with Gasteiger partial charge >= 0.3 is 0 Å². The summed E-state index contributed by atoms with van der Waals surface area (Å²) in [6, 6.07) is 15.5. The minimum absolute atomic E-state index is 0.238. The number of aryl methyl sites for hydroxylation is 2. The molecule has 1 aliphatic heterocycles. The van der Waals surface area contributed by atoms with E-state index in [1.807, 2.05) is 19.1 Å². The lowest BCUT2D eigenvalue weighted by Crippen LogP contribution is -2.18. The molecule has 1 N–H and O–H groups in total. The molecule has 3 aromatic rings. The average molecular weight is 425 g/mol. The van der Waals surface area contributed by atoms with Crippen LogP contribution in [0.4, 0.5) is 5.69 Å². The Morgan fingerprint density at radius 3 is 2.33 bits per heavy atom. The van der Waals surface area contributed by atoms with Crippen LogP contribution in [0.15, 0.2) is 53.4 Å². The summed E-state index contributed by atoms with van der Waals surface area (Å²) in [5.74, 6) is 0. The highest BCUT2D eigenvalue weighted by Gasteiger charge is 2.19. The topological polar surface area (TPSA) is 67.2 Å². The molecule has 4 rings (SSSR count). The smallest absolute Gasteiger partial charge is 0.262 e. The van der Waals surface area contributed by atoms with E-state index in [1.165, 1.54) is 31.5 Å². The van der Waals surface area contributed by atoms with Gasteiger partial charge in [0, 0.05) is 13.6 Å². The lowest BCUT2D eigenvalue weighted by atomic mass is 10.0. The SMILES string of the molecule is Cc1nn(C)c(C)c1NS(=O)(=O)c1ccc(-c2cccc(CN3CCCC3)c2)cc1. The fourth-order valence-electron chi connectivity index (χ4n) is 3.99. The number of hydrogen-bond donors (Lipinski definition) is 1.